The van der Waals surface area contributed by atoms with Crippen LogP contribution in [0.2, 0.25) is 0 Å². The van der Waals surface area contributed by atoms with E-state index in [1.54, 1.807) is 6.26 Å². The molecule has 0 radical (unpaired) electrons. The Bertz CT molecular complexity index is 756. The summed E-state index contributed by atoms with van der Waals surface area (Å²) in [5.74, 6) is 1.41. The number of nitrogens with zero attached hydrogens (tertiary/aromatic N) is 1. The van der Waals surface area contributed by atoms with Crippen molar-refractivity contribution in [2.45, 2.75) is 13.1 Å². The van der Waals surface area contributed by atoms with Crippen LogP contribution < -0.4 is 10.1 Å². The lowest BCUT2D eigenvalue weighted by Gasteiger charge is -2.10. The summed E-state index contributed by atoms with van der Waals surface area (Å²) in [5, 5.41) is 12.2. The predicted molar refractivity (Wildman–Crippen MR) is 91.5 cm³/mol. The van der Waals surface area contributed by atoms with E-state index in [1.807, 2.05) is 54.6 Å². The van der Waals surface area contributed by atoms with Gasteiger partial charge in [-0.3, -0.25) is 0 Å². The molecule has 1 aromatic heterocycles. The van der Waals surface area contributed by atoms with Crippen molar-refractivity contribution in [1.82, 2.24) is 10.3 Å². The van der Waals surface area contributed by atoms with Crippen LogP contribution in [0.1, 0.15) is 11.3 Å². The third kappa shape index (κ3) is 4.22. The van der Waals surface area contributed by atoms with Gasteiger partial charge in [0.15, 0.2) is 0 Å². The normalized spacial score (nSPS) is 10.7. The monoisotopic (exact) mass is 324 g/mol. The summed E-state index contributed by atoms with van der Waals surface area (Å²) < 4.78 is 11.1. The molecule has 2 N–H and O–H groups in total. The van der Waals surface area contributed by atoms with E-state index in [2.05, 4.69) is 10.3 Å². The van der Waals surface area contributed by atoms with Crippen LogP contribution in [0.25, 0.3) is 11.5 Å². The van der Waals surface area contributed by atoms with Crippen molar-refractivity contribution in [3.05, 3.63) is 72.1 Å². The van der Waals surface area contributed by atoms with Gasteiger partial charge < -0.3 is 19.6 Å². The van der Waals surface area contributed by atoms with Crippen molar-refractivity contribution in [3.8, 4) is 17.2 Å². The Hall–Kier alpha value is -2.63. The molecule has 0 aliphatic rings. The van der Waals surface area contributed by atoms with E-state index in [4.69, 9.17) is 14.3 Å². The van der Waals surface area contributed by atoms with Gasteiger partial charge in [0.1, 0.15) is 18.6 Å². The third-order valence-corrected chi connectivity index (χ3v) is 3.52. The maximum absolute atomic E-state index is 8.88. The first-order valence-corrected chi connectivity index (χ1v) is 7.89. The Kier molecular flexibility index (Phi) is 5.61. The quantitative estimate of drug-likeness (QED) is 0.667. The summed E-state index contributed by atoms with van der Waals surface area (Å²) in [7, 11) is 0. The maximum Gasteiger partial charge on any atom is 0.226 e. The highest BCUT2D eigenvalue weighted by Crippen LogP contribution is 2.19. The van der Waals surface area contributed by atoms with Crippen LogP contribution >= 0.6 is 0 Å². The van der Waals surface area contributed by atoms with Crippen LogP contribution in [0.5, 0.6) is 5.75 Å². The van der Waals surface area contributed by atoms with Crippen LogP contribution in [0.3, 0.4) is 0 Å². The van der Waals surface area contributed by atoms with Crippen LogP contribution in [0.4, 0.5) is 0 Å². The van der Waals surface area contributed by atoms with Gasteiger partial charge in [0.05, 0.1) is 12.3 Å². The third-order valence-electron chi connectivity index (χ3n) is 3.52. The topological polar surface area (TPSA) is 67.5 Å². The number of aromatic nitrogens is 1. The predicted octanol–water partition coefficient (Wildman–Crippen LogP) is 3.00. The molecule has 0 aliphatic heterocycles. The van der Waals surface area contributed by atoms with E-state index in [1.165, 1.54) is 0 Å². The van der Waals surface area contributed by atoms with Gasteiger partial charge in [-0.15, -0.1) is 0 Å². The molecule has 0 bridgehead atoms. The van der Waals surface area contributed by atoms with Gasteiger partial charge in [0, 0.05) is 24.2 Å². The molecule has 0 aliphatic carbocycles. The molecule has 3 aromatic rings. The fourth-order valence-corrected chi connectivity index (χ4v) is 2.37. The lowest BCUT2D eigenvalue weighted by Crippen LogP contribution is -2.14. The van der Waals surface area contributed by atoms with Gasteiger partial charge in [0.2, 0.25) is 5.89 Å². The zero-order chi connectivity index (χ0) is 16.6. The summed E-state index contributed by atoms with van der Waals surface area (Å²) >= 11 is 0. The number of nitrogens with one attached hydrogen (secondary N) is 1. The molecule has 24 heavy (non-hydrogen) atoms. The van der Waals surface area contributed by atoms with Crippen molar-refractivity contribution in [2.75, 3.05) is 13.2 Å². The van der Waals surface area contributed by atoms with Gasteiger partial charge in [-0.05, 0) is 18.2 Å². The highest BCUT2D eigenvalue weighted by Gasteiger charge is 2.07. The Morgan fingerprint density at radius 1 is 1.00 bits per heavy atom. The molecule has 0 spiro atoms. The summed E-state index contributed by atoms with van der Waals surface area (Å²) in [5.41, 5.74) is 2.85. The van der Waals surface area contributed by atoms with Gasteiger partial charge >= 0.3 is 0 Å². The van der Waals surface area contributed by atoms with Crippen LogP contribution in [-0.2, 0) is 13.1 Å². The average Bonchev–Trinajstić information content (AvgIpc) is 3.10. The Morgan fingerprint density at radius 3 is 2.62 bits per heavy atom. The second-order valence-corrected chi connectivity index (χ2v) is 5.29. The minimum absolute atomic E-state index is 0.00294. The van der Waals surface area contributed by atoms with E-state index >= 15 is 0 Å². The Balaban J connectivity index is 1.57. The fraction of sp³-hybridized carbons (Fsp3) is 0.211. The maximum atomic E-state index is 8.88. The zero-order valence-electron chi connectivity index (χ0n) is 13.3. The molecular formula is C19H20N2O3. The smallest absolute Gasteiger partial charge is 0.226 e. The summed E-state index contributed by atoms with van der Waals surface area (Å²) in [6, 6.07) is 17.6. The van der Waals surface area contributed by atoms with Crippen LogP contribution in [0, 0.1) is 0 Å². The number of ether oxygens (including phenoxy) is 1. The van der Waals surface area contributed by atoms with Gasteiger partial charge in [-0.2, -0.15) is 0 Å². The van der Waals surface area contributed by atoms with E-state index in [-0.39, 0.29) is 6.61 Å². The molecule has 0 unspecified atom stereocenters. The minimum Gasteiger partial charge on any atom is -0.491 e. The number of aliphatic hydroxyl groups excluding tert-OH is 1. The molecule has 0 fully saturated rings. The molecule has 1 heterocycles. The summed E-state index contributed by atoms with van der Waals surface area (Å²) in [4.78, 5) is 4.49. The molecule has 0 atom stereocenters. The highest BCUT2D eigenvalue weighted by atomic mass is 16.5. The van der Waals surface area contributed by atoms with Crippen LogP contribution in [0.15, 0.2) is 65.3 Å². The van der Waals surface area contributed by atoms with Crippen molar-refractivity contribution >= 4 is 0 Å². The lowest BCUT2D eigenvalue weighted by atomic mass is 10.2. The molecule has 5 nitrogen and oxygen atoms in total. The fourth-order valence-electron chi connectivity index (χ4n) is 2.37. The molecule has 2 aromatic carbocycles. The second-order valence-electron chi connectivity index (χ2n) is 5.29. The molecule has 3 rings (SSSR count). The number of oxazole rings is 1. The van der Waals surface area contributed by atoms with Gasteiger partial charge in [-0.1, -0.05) is 36.4 Å². The largest absolute Gasteiger partial charge is 0.491 e. The van der Waals surface area contributed by atoms with Crippen molar-refractivity contribution in [1.29, 1.82) is 0 Å². The Labute approximate surface area is 140 Å². The van der Waals surface area contributed by atoms with E-state index in [0.29, 0.717) is 25.6 Å². The number of aliphatic hydroxyl groups is 1. The molecule has 0 saturated carbocycles. The number of hydrogen-bond donors (Lipinski definition) is 2. The first-order chi connectivity index (χ1) is 11.9. The van der Waals surface area contributed by atoms with Crippen molar-refractivity contribution < 1.29 is 14.3 Å². The minimum atomic E-state index is 0.00294. The number of hydrogen-bond acceptors (Lipinski definition) is 5. The number of benzene rings is 2. The van der Waals surface area contributed by atoms with E-state index in [9.17, 15) is 0 Å². The molecule has 0 saturated heterocycles. The standard InChI is InChI=1S/C19H20N2O3/c22-10-11-23-18-9-5-4-8-16(18)12-20-13-17-14-24-19(21-17)15-6-2-1-3-7-15/h1-9,14,20,22H,10-13H2. The Morgan fingerprint density at radius 2 is 1.79 bits per heavy atom. The number of para-hydroxylation sites is 1. The van der Waals surface area contributed by atoms with E-state index in [0.717, 1.165) is 22.6 Å². The van der Waals surface area contributed by atoms with E-state index < -0.39 is 0 Å². The zero-order valence-corrected chi connectivity index (χ0v) is 13.3. The van der Waals surface area contributed by atoms with Crippen LogP contribution in [-0.4, -0.2) is 23.3 Å². The van der Waals surface area contributed by atoms with Gasteiger partial charge in [0.25, 0.3) is 0 Å². The average molecular weight is 324 g/mol. The SMILES string of the molecule is OCCOc1ccccc1CNCc1coc(-c2ccccc2)n1. The first kappa shape index (κ1) is 16.2. The van der Waals surface area contributed by atoms with Crippen molar-refractivity contribution in [2.24, 2.45) is 0 Å². The van der Waals surface area contributed by atoms with Crippen molar-refractivity contribution in [3.63, 3.8) is 0 Å². The number of rotatable bonds is 8. The first-order valence-electron chi connectivity index (χ1n) is 7.89. The molecular weight excluding hydrogens is 304 g/mol. The molecule has 5 heteroatoms. The summed E-state index contributed by atoms with van der Waals surface area (Å²) in [6.07, 6.45) is 1.67. The van der Waals surface area contributed by atoms with Gasteiger partial charge in [-0.25, -0.2) is 4.98 Å². The lowest BCUT2D eigenvalue weighted by molar-refractivity contribution is 0.200. The molecule has 124 valence electrons. The second kappa shape index (κ2) is 8.29. The molecule has 0 amide bonds. The summed E-state index contributed by atoms with van der Waals surface area (Å²) in [6.45, 7) is 1.55. The highest BCUT2D eigenvalue weighted by molar-refractivity contribution is 5.52.